The van der Waals surface area contributed by atoms with E-state index in [0.29, 0.717) is 12.3 Å². The van der Waals surface area contributed by atoms with Gasteiger partial charge in [0.1, 0.15) is 5.82 Å². The van der Waals surface area contributed by atoms with Gasteiger partial charge < -0.3 is 10.6 Å². The normalized spacial score (nSPS) is 10.5. The van der Waals surface area contributed by atoms with Crippen LogP contribution in [0.3, 0.4) is 0 Å². The van der Waals surface area contributed by atoms with Gasteiger partial charge in [-0.15, -0.1) is 0 Å². The van der Waals surface area contributed by atoms with Crippen LogP contribution in [0.5, 0.6) is 0 Å². The first kappa shape index (κ1) is 16.0. The van der Waals surface area contributed by atoms with E-state index in [4.69, 9.17) is 0 Å². The molecule has 2 rings (SSSR count). The van der Waals surface area contributed by atoms with Gasteiger partial charge in [0.15, 0.2) is 0 Å². The lowest BCUT2D eigenvalue weighted by atomic mass is 10.1. The number of amides is 1. The Morgan fingerprint density at radius 3 is 2.55 bits per heavy atom. The van der Waals surface area contributed by atoms with E-state index in [2.05, 4.69) is 27.8 Å². The number of pyridine rings is 1. The molecule has 1 aromatic heterocycles. The lowest BCUT2D eigenvalue weighted by Gasteiger charge is -2.09. The molecule has 0 unspecified atom stereocenters. The van der Waals surface area contributed by atoms with Crippen molar-refractivity contribution < 1.29 is 4.79 Å². The fourth-order valence-corrected chi connectivity index (χ4v) is 2.13. The Labute approximate surface area is 132 Å². The fraction of sp³-hybridized carbons (Fsp3) is 0.333. The Morgan fingerprint density at radius 2 is 1.91 bits per heavy atom. The predicted octanol–water partition coefficient (Wildman–Crippen LogP) is 3.72. The van der Waals surface area contributed by atoms with Crippen LogP contribution in [0, 0.1) is 5.92 Å². The van der Waals surface area contributed by atoms with Gasteiger partial charge >= 0.3 is 0 Å². The lowest BCUT2D eigenvalue weighted by Crippen LogP contribution is -2.14. The van der Waals surface area contributed by atoms with Crippen molar-refractivity contribution in [2.24, 2.45) is 5.92 Å². The van der Waals surface area contributed by atoms with Crippen molar-refractivity contribution in [1.29, 1.82) is 0 Å². The van der Waals surface area contributed by atoms with Gasteiger partial charge in [0.05, 0.1) is 11.9 Å². The number of nitrogens with zero attached hydrogens (tertiary/aromatic N) is 1. The molecule has 0 saturated heterocycles. The number of nitrogens with one attached hydrogen (secondary N) is 2. The molecular weight excluding hydrogens is 274 g/mol. The number of carbonyl (C=O) groups is 1. The van der Waals surface area contributed by atoms with Crippen LogP contribution in [0.15, 0.2) is 48.7 Å². The number of hydrogen-bond acceptors (Lipinski definition) is 3. The quantitative estimate of drug-likeness (QED) is 0.819. The highest BCUT2D eigenvalue weighted by Crippen LogP contribution is 2.11. The molecule has 1 aromatic carbocycles. The first-order chi connectivity index (χ1) is 10.6. The van der Waals surface area contributed by atoms with Crippen LogP contribution in [0.4, 0.5) is 11.5 Å². The van der Waals surface area contributed by atoms with E-state index >= 15 is 0 Å². The molecule has 4 nitrogen and oxygen atoms in total. The molecule has 116 valence electrons. The molecule has 0 radical (unpaired) electrons. The summed E-state index contributed by atoms with van der Waals surface area (Å²) in [6.07, 6.45) is 3.16. The zero-order chi connectivity index (χ0) is 15.8. The maximum atomic E-state index is 11.7. The van der Waals surface area contributed by atoms with E-state index < -0.39 is 0 Å². The van der Waals surface area contributed by atoms with Crippen molar-refractivity contribution in [3.05, 3.63) is 54.2 Å². The standard InChI is InChI=1S/C18H23N3O/c1-14(2)12-18(22)21-16-8-9-17(20-13-16)19-11-10-15-6-4-3-5-7-15/h3-9,13-14H,10-12H2,1-2H3,(H,19,20)(H,21,22). The number of carbonyl (C=O) groups excluding carboxylic acids is 1. The second-order valence-electron chi connectivity index (χ2n) is 5.74. The molecule has 4 heteroatoms. The Morgan fingerprint density at radius 1 is 1.14 bits per heavy atom. The van der Waals surface area contributed by atoms with Gasteiger partial charge in [0.25, 0.3) is 0 Å². The maximum Gasteiger partial charge on any atom is 0.224 e. The third-order valence-electron chi connectivity index (χ3n) is 3.20. The second-order valence-corrected chi connectivity index (χ2v) is 5.74. The number of rotatable bonds is 7. The van der Waals surface area contributed by atoms with E-state index in [1.807, 2.05) is 44.2 Å². The van der Waals surface area contributed by atoms with Gasteiger partial charge in [-0.2, -0.15) is 0 Å². The summed E-state index contributed by atoms with van der Waals surface area (Å²) in [6, 6.07) is 14.1. The summed E-state index contributed by atoms with van der Waals surface area (Å²) in [7, 11) is 0. The van der Waals surface area contributed by atoms with Crippen LogP contribution in [0.1, 0.15) is 25.8 Å². The molecule has 0 aliphatic heterocycles. The Bertz CT molecular complexity index is 579. The Balaban J connectivity index is 1.78. The van der Waals surface area contributed by atoms with Crippen molar-refractivity contribution in [3.63, 3.8) is 0 Å². The van der Waals surface area contributed by atoms with Crippen molar-refractivity contribution in [3.8, 4) is 0 Å². The minimum absolute atomic E-state index is 0.0292. The van der Waals surface area contributed by atoms with Gasteiger partial charge in [0, 0.05) is 13.0 Å². The van der Waals surface area contributed by atoms with Crippen molar-refractivity contribution in [2.45, 2.75) is 26.7 Å². The van der Waals surface area contributed by atoms with Crippen molar-refractivity contribution >= 4 is 17.4 Å². The average Bonchev–Trinajstić information content (AvgIpc) is 2.49. The number of hydrogen-bond donors (Lipinski definition) is 2. The van der Waals surface area contributed by atoms with Gasteiger partial charge in [-0.25, -0.2) is 4.98 Å². The topological polar surface area (TPSA) is 54.0 Å². The fourth-order valence-electron chi connectivity index (χ4n) is 2.13. The summed E-state index contributed by atoms with van der Waals surface area (Å²) in [5.74, 6) is 1.20. The van der Waals surface area contributed by atoms with Crippen LogP contribution in [-0.2, 0) is 11.2 Å². The Kier molecular flexibility index (Phi) is 5.95. The zero-order valence-corrected chi connectivity index (χ0v) is 13.2. The van der Waals surface area contributed by atoms with Crippen LogP contribution < -0.4 is 10.6 Å². The monoisotopic (exact) mass is 297 g/mol. The van der Waals surface area contributed by atoms with Crippen LogP contribution in [0.25, 0.3) is 0 Å². The molecule has 0 spiro atoms. The average molecular weight is 297 g/mol. The van der Waals surface area contributed by atoms with E-state index in [-0.39, 0.29) is 5.91 Å². The largest absolute Gasteiger partial charge is 0.370 e. The highest BCUT2D eigenvalue weighted by atomic mass is 16.1. The molecule has 1 heterocycles. The van der Waals surface area contributed by atoms with Gasteiger partial charge in [-0.1, -0.05) is 44.2 Å². The van der Waals surface area contributed by atoms with E-state index in [1.165, 1.54) is 5.56 Å². The van der Waals surface area contributed by atoms with Crippen molar-refractivity contribution in [2.75, 3.05) is 17.2 Å². The van der Waals surface area contributed by atoms with E-state index in [1.54, 1.807) is 6.20 Å². The molecule has 0 fully saturated rings. The van der Waals surface area contributed by atoms with Gasteiger partial charge in [-0.05, 0) is 30.0 Å². The molecule has 0 aliphatic carbocycles. The SMILES string of the molecule is CC(C)CC(=O)Nc1ccc(NCCc2ccccc2)nc1. The minimum atomic E-state index is 0.0292. The smallest absolute Gasteiger partial charge is 0.224 e. The van der Waals surface area contributed by atoms with Gasteiger partial charge in [-0.3, -0.25) is 4.79 Å². The summed E-state index contributed by atoms with van der Waals surface area (Å²) in [5, 5.41) is 6.14. The minimum Gasteiger partial charge on any atom is -0.370 e. The molecule has 22 heavy (non-hydrogen) atoms. The van der Waals surface area contributed by atoms with Crippen molar-refractivity contribution in [1.82, 2.24) is 4.98 Å². The number of benzene rings is 1. The highest BCUT2D eigenvalue weighted by Gasteiger charge is 2.05. The molecular formula is C18H23N3O. The lowest BCUT2D eigenvalue weighted by molar-refractivity contribution is -0.116. The molecule has 1 amide bonds. The first-order valence-corrected chi connectivity index (χ1v) is 7.67. The third-order valence-corrected chi connectivity index (χ3v) is 3.20. The van der Waals surface area contributed by atoms with E-state index in [9.17, 15) is 4.79 Å². The summed E-state index contributed by atoms with van der Waals surface area (Å²) in [5.41, 5.74) is 2.03. The van der Waals surface area contributed by atoms with Gasteiger partial charge in [0.2, 0.25) is 5.91 Å². The van der Waals surface area contributed by atoms with Crippen LogP contribution in [-0.4, -0.2) is 17.4 Å². The van der Waals surface area contributed by atoms with Crippen LogP contribution in [0.2, 0.25) is 0 Å². The molecule has 2 N–H and O–H groups in total. The summed E-state index contributed by atoms with van der Waals surface area (Å²) >= 11 is 0. The van der Waals surface area contributed by atoms with Crippen LogP contribution >= 0.6 is 0 Å². The summed E-state index contributed by atoms with van der Waals surface area (Å²) in [4.78, 5) is 16.0. The molecule has 0 bridgehead atoms. The predicted molar refractivity (Wildman–Crippen MR) is 91.0 cm³/mol. The number of anilines is 2. The maximum absolute atomic E-state index is 11.7. The highest BCUT2D eigenvalue weighted by molar-refractivity contribution is 5.90. The molecule has 0 saturated carbocycles. The molecule has 0 aliphatic rings. The summed E-state index contributed by atoms with van der Waals surface area (Å²) < 4.78 is 0. The molecule has 2 aromatic rings. The molecule has 0 atom stereocenters. The second kappa shape index (κ2) is 8.17. The van der Waals surface area contributed by atoms with E-state index in [0.717, 1.165) is 24.5 Å². The first-order valence-electron chi connectivity index (χ1n) is 7.67. The Hall–Kier alpha value is -2.36. The number of aromatic nitrogens is 1. The third kappa shape index (κ3) is 5.56. The summed E-state index contributed by atoms with van der Waals surface area (Å²) in [6.45, 7) is 4.88. The zero-order valence-electron chi connectivity index (χ0n) is 13.2.